The summed E-state index contributed by atoms with van der Waals surface area (Å²) in [6, 6.07) is 14.1. The van der Waals surface area contributed by atoms with E-state index in [-0.39, 0.29) is 11.3 Å². The van der Waals surface area contributed by atoms with E-state index in [0.29, 0.717) is 18.7 Å². The Hall–Kier alpha value is -3.12. The molecule has 0 aromatic heterocycles. The number of rotatable bonds is 11. The second-order valence-corrected chi connectivity index (χ2v) is 8.66. The van der Waals surface area contributed by atoms with Gasteiger partial charge < -0.3 is 19.6 Å². The van der Waals surface area contributed by atoms with Gasteiger partial charge in [0.1, 0.15) is 11.5 Å². The molecule has 0 unspecified atom stereocenters. The van der Waals surface area contributed by atoms with Crippen LogP contribution >= 0.6 is 0 Å². The monoisotopic (exact) mass is 464 g/mol. The molecule has 0 spiro atoms. The number of hydrogen-bond acceptors (Lipinski definition) is 5. The van der Waals surface area contributed by atoms with Crippen LogP contribution in [0.2, 0.25) is 0 Å². The minimum Gasteiger partial charge on any atom is -0.507 e. The van der Waals surface area contributed by atoms with E-state index < -0.39 is 17.7 Å². The molecule has 1 fully saturated rings. The molecule has 3 rings (SSSR count). The van der Waals surface area contributed by atoms with Crippen LogP contribution in [-0.4, -0.2) is 59.4 Å². The van der Waals surface area contributed by atoms with Gasteiger partial charge in [-0.15, -0.1) is 0 Å². The van der Waals surface area contributed by atoms with Gasteiger partial charge in [0.2, 0.25) is 0 Å². The number of ether oxygens (including phenoxy) is 1. The molecule has 34 heavy (non-hydrogen) atoms. The van der Waals surface area contributed by atoms with E-state index in [1.54, 1.807) is 17.0 Å². The fourth-order valence-electron chi connectivity index (χ4n) is 4.29. The third-order valence-electron chi connectivity index (χ3n) is 6.30. The SMILES string of the molecule is CCCOc1ccc([C@H]2/C(=C(\O)c3ccc(C)cc3)C(=O)C(=O)N2CCCN(CC)CC)cc1. The number of carbonyl (C=O) groups is 2. The Kier molecular flexibility index (Phi) is 8.88. The van der Waals surface area contributed by atoms with Gasteiger partial charge in [-0.3, -0.25) is 9.59 Å². The lowest BCUT2D eigenvalue weighted by atomic mass is 9.95. The van der Waals surface area contributed by atoms with Crippen molar-refractivity contribution in [3.63, 3.8) is 0 Å². The van der Waals surface area contributed by atoms with Crippen LogP contribution in [0.15, 0.2) is 54.1 Å². The van der Waals surface area contributed by atoms with E-state index >= 15 is 0 Å². The number of aliphatic hydroxyl groups is 1. The zero-order chi connectivity index (χ0) is 24.7. The summed E-state index contributed by atoms with van der Waals surface area (Å²) in [6.45, 7) is 12.0. The van der Waals surface area contributed by atoms with E-state index in [0.717, 1.165) is 49.4 Å². The average molecular weight is 465 g/mol. The van der Waals surface area contributed by atoms with Crippen LogP contribution in [0.25, 0.3) is 5.76 Å². The Bertz CT molecular complexity index is 1010. The summed E-state index contributed by atoms with van der Waals surface area (Å²) in [5.41, 5.74) is 2.49. The van der Waals surface area contributed by atoms with Crippen LogP contribution in [0.4, 0.5) is 0 Å². The molecule has 6 heteroatoms. The van der Waals surface area contributed by atoms with Gasteiger partial charge in [-0.25, -0.2) is 0 Å². The number of likely N-dealkylation sites (tertiary alicyclic amines) is 1. The quantitative estimate of drug-likeness (QED) is 0.290. The fourth-order valence-corrected chi connectivity index (χ4v) is 4.29. The van der Waals surface area contributed by atoms with Crippen LogP contribution in [-0.2, 0) is 9.59 Å². The predicted octanol–water partition coefficient (Wildman–Crippen LogP) is 4.94. The van der Waals surface area contributed by atoms with Gasteiger partial charge in [0.05, 0.1) is 18.2 Å². The molecule has 2 aromatic rings. The number of carbonyl (C=O) groups excluding carboxylic acids is 2. The van der Waals surface area contributed by atoms with E-state index in [4.69, 9.17) is 4.74 Å². The van der Waals surface area contributed by atoms with Crippen molar-refractivity contribution in [2.75, 3.05) is 32.8 Å². The molecule has 0 saturated carbocycles. The lowest BCUT2D eigenvalue weighted by molar-refractivity contribution is -0.140. The van der Waals surface area contributed by atoms with E-state index in [9.17, 15) is 14.7 Å². The van der Waals surface area contributed by atoms with Crippen molar-refractivity contribution in [2.24, 2.45) is 0 Å². The highest BCUT2D eigenvalue weighted by Gasteiger charge is 2.45. The summed E-state index contributed by atoms with van der Waals surface area (Å²) in [5.74, 6) is -0.606. The molecule has 1 saturated heterocycles. The van der Waals surface area contributed by atoms with Crippen molar-refractivity contribution in [2.45, 2.75) is 46.6 Å². The highest BCUT2D eigenvalue weighted by Crippen LogP contribution is 2.40. The molecule has 1 amide bonds. The molecule has 1 aliphatic rings. The smallest absolute Gasteiger partial charge is 0.295 e. The Labute approximate surface area is 202 Å². The number of nitrogens with zero attached hydrogens (tertiary/aromatic N) is 2. The van der Waals surface area contributed by atoms with Crippen molar-refractivity contribution >= 4 is 17.4 Å². The first-order chi connectivity index (χ1) is 16.4. The van der Waals surface area contributed by atoms with Crippen molar-refractivity contribution < 1.29 is 19.4 Å². The molecule has 0 bridgehead atoms. The summed E-state index contributed by atoms with van der Waals surface area (Å²) in [4.78, 5) is 30.2. The Balaban J connectivity index is 1.99. The van der Waals surface area contributed by atoms with Gasteiger partial charge in [-0.05, 0) is 57.1 Å². The lowest BCUT2D eigenvalue weighted by Crippen LogP contribution is -2.33. The summed E-state index contributed by atoms with van der Waals surface area (Å²) < 4.78 is 5.70. The molecule has 0 aliphatic carbocycles. The first kappa shape index (κ1) is 25.5. The Morgan fingerprint density at radius 1 is 1.00 bits per heavy atom. The zero-order valence-electron chi connectivity index (χ0n) is 20.7. The topological polar surface area (TPSA) is 70.1 Å². The first-order valence-corrected chi connectivity index (χ1v) is 12.2. The molecule has 6 nitrogen and oxygen atoms in total. The van der Waals surface area contributed by atoms with Gasteiger partial charge >= 0.3 is 0 Å². The van der Waals surface area contributed by atoms with Crippen LogP contribution in [0.3, 0.4) is 0 Å². The maximum Gasteiger partial charge on any atom is 0.295 e. The summed E-state index contributed by atoms with van der Waals surface area (Å²) >= 11 is 0. The third kappa shape index (κ3) is 5.68. The summed E-state index contributed by atoms with van der Waals surface area (Å²) in [5, 5.41) is 11.2. The van der Waals surface area contributed by atoms with E-state index in [1.807, 2.05) is 50.2 Å². The number of aryl methyl sites for hydroxylation is 1. The van der Waals surface area contributed by atoms with Gasteiger partial charge in [-0.1, -0.05) is 62.7 Å². The summed E-state index contributed by atoms with van der Waals surface area (Å²) in [7, 11) is 0. The van der Waals surface area contributed by atoms with Crippen LogP contribution in [0, 0.1) is 6.92 Å². The third-order valence-corrected chi connectivity index (χ3v) is 6.30. The standard InChI is InChI=1S/C28H36N2O4/c1-5-19-34-23-15-13-21(14-16-23)25-24(26(31)22-11-9-20(4)10-12-22)27(32)28(33)30(25)18-8-17-29(6-2)7-3/h9-16,25,31H,5-8,17-19H2,1-4H3/b26-24+/t25-/m0/s1. The molecule has 1 atom stereocenters. The molecule has 182 valence electrons. The number of amides is 1. The van der Waals surface area contributed by atoms with Gasteiger partial charge in [0.15, 0.2) is 0 Å². The van der Waals surface area contributed by atoms with Crippen LogP contribution in [0.5, 0.6) is 5.75 Å². The van der Waals surface area contributed by atoms with Crippen LogP contribution in [0.1, 0.15) is 56.3 Å². The highest BCUT2D eigenvalue weighted by molar-refractivity contribution is 6.46. The van der Waals surface area contributed by atoms with Crippen molar-refractivity contribution in [3.05, 3.63) is 70.8 Å². The Morgan fingerprint density at radius 2 is 1.65 bits per heavy atom. The number of hydrogen-bond donors (Lipinski definition) is 1. The molecule has 1 N–H and O–H groups in total. The van der Waals surface area contributed by atoms with E-state index in [2.05, 4.69) is 18.7 Å². The minimum atomic E-state index is -0.641. The fraction of sp³-hybridized carbons (Fsp3) is 0.429. The predicted molar refractivity (Wildman–Crippen MR) is 135 cm³/mol. The van der Waals surface area contributed by atoms with Crippen molar-refractivity contribution in [1.82, 2.24) is 9.80 Å². The Morgan fingerprint density at radius 3 is 2.24 bits per heavy atom. The second-order valence-electron chi connectivity index (χ2n) is 8.66. The highest BCUT2D eigenvalue weighted by atomic mass is 16.5. The van der Waals surface area contributed by atoms with Crippen molar-refractivity contribution in [3.8, 4) is 5.75 Å². The minimum absolute atomic E-state index is 0.138. The van der Waals surface area contributed by atoms with Gasteiger partial charge in [-0.2, -0.15) is 0 Å². The van der Waals surface area contributed by atoms with Crippen molar-refractivity contribution in [1.29, 1.82) is 0 Å². The normalized spacial score (nSPS) is 17.6. The number of benzene rings is 2. The van der Waals surface area contributed by atoms with Gasteiger partial charge in [0, 0.05) is 12.1 Å². The molecule has 2 aromatic carbocycles. The number of ketones is 1. The lowest BCUT2D eigenvalue weighted by Gasteiger charge is -2.27. The summed E-state index contributed by atoms with van der Waals surface area (Å²) in [6.07, 6.45) is 1.65. The van der Waals surface area contributed by atoms with Gasteiger partial charge in [0.25, 0.3) is 11.7 Å². The average Bonchev–Trinajstić information content (AvgIpc) is 3.10. The first-order valence-electron chi connectivity index (χ1n) is 12.2. The number of aliphatic hydroxyl groups excluding tert-OH is 1. The molecule has 0 radical (unpaired) electrons. The number of Topliss-reactive ketones (excluding diaryl/α,β-unsaturated/α-hetero) is 1. The second kappa shape index (κ2) is 11.8. The molecular weight excluding hydrogens is 428 g/mol. The molecule has 1 heterocycles. The molecular formula is C28H36N2O4. The maximum atomic E-state index is 13.2. The largest absolute Gasteiger partial charge is 0.507 e. The van der Waals surface area contributed by atoms with E-state index in [1.165, 1.54) is 0 Å². The zero-order valence-corrected chi connectivity index (χ0v) is 20.7. The maximum absolute atomic E-state index is 13.2. The molecule has 1 aliphatic heterocycles. The van der Waals surface area contributed by atoms with Crippen LogP contribution < -0.4 is 4.74 Å².